The fourth-order valence-electron chi connectivity index (χ4n) is 2.28. The third-order valence-electron chi connectivity index (χ3n) is 3.58. The number of aryl methyl sites for hydroxylation is 1. The standard InChI is InChI=1S/C17H17N3O3S/c1-12-4-3-5-14(10-12)23-9-8-19(2)17-18-15-7-6-13(20(21)22)11-16(15)24-17/h3-7,10-11H,8-9H2,1-2H3. The van der Waals surface area contributed by atoms with Crippen molar-refractivity contribution in [3.63, 3.8) is 0 Å². The zero-order valence-electron chi connectivity index (χ0n) is 13.4. The van der Waals surface area contributed by atoms with E-state index in [1.807, 2.05) is 43.1 Å². The molecule has 0 aliphatic heterocycles. The molecule has 1 aromatic heterocycles. The summed E-state index contributed by atoms with van der Waals surface area (Å²) in [4.78, 5) is 17.0. The van der Waals surface area contributed by atoms with Crippen LogP contribution in [0.2, 0.25) is 0 Å². The summed E-state index contributed by atoms with van der Waals surface area (Å²) in [6, 6.07) is 12.7. The van der Waals surface area contributed by atoms with Crippen molar-refractivity contribution in [2.45, 2.75) is 6.92 Å². The van der Waals surface area contributed by atoms with Crippen LogP contribution in [0.1, 0.15) is 5.56 Å². The first-order chi connectivity index (χ1) is 11.5. The molecule has 0 unspecified atom stereocenters. The molecule has 24 heavy (non-hydrogen) atoms. The van der Waals surface area contributed by atoms with Crippen molar-refractivity contribution in [1.82, 2.24) is 4.98 Å². The van der Waals surface area contributed by atoms with Crippen LogP contribution < -0.4 is 9.64 Å². The molecule has 7 heteroatoms. The van der Waals surface area contributed by atoms with E-state index in [0.717, 1.165) is 26.7 Å². The Balaban J connectivity index is 1.65. The van der Waals surface area contributed by atoms with Crippen molar-refractivity contribution < 1.29 is 9.66 Å². The molecule has 0 bridgehead atoms. The number of rotatable bonds is 6. The molecular weight excluding hydrogens is 326 g/mol. The molecule has 0 saturated carbocycles. The number of hydrogen-bond donors (Lipinski definition) is 0. The van der Waals surface area contributed by atoms with Crippen molar-refractivity contribution in [2.24, 2.45) is 0 Å². The topological polar surface area (TPSA) is 68.5 Å². The van der Waals surface area contributed by atoms with Crippen LogP contribution in [0.3, 0.4) is 0 Å². The van der Waals surface area contributed by atoms with Crippen molar-refractivity contribution >= 4 is 32.4 Å². The lowest BCUT2D eigenvalue weighted by Gasteiger charge is -2.16. The highest BCUT2D eigenvalue weighted by atomic mass is 32.1. The first kappa shape index (κ1) is 16.2. The van der Waals surface area contributed by atoms with Gasteiger partial charge in [-0.2, -0.15) is 0 Å². The third kappa shape index (κ3) is 3.62. The molecule has 3 aromatic rings. The van der Waals surface area contributed by atoms with E-state index in [0.29, 0.717) is 13.2 Å². The van der Waals surface area contributed by atoms with E-state index >= 15 is 0 Å². The summed E-state index contributed by atoms with van der Waals surface area (Å²) in [5, 5.41) is 11.7. The highest BCUT2D eigenvalue weighted by Crippen LogP contribution is 2.30. The van der Waals surface area contributed by atoms with Crippen LogP contribution in [0.25, 0.3) is 10.2 Å². The van der Waals surface area contributed by atoms with Crippen LogP contribution in [0.5, 0.6) is 5.75 Å². The molecular formula is C17H17N3O3S. The lowest BCUT2D eigenvalue weighted by molar-refractivity contribution is -0.384. The van der Waals surface area contributed by atoms with Gasteiger partial charge in [-0.3, -0.25) is 10.1 Å². The van der Waals surface area contributed by atoms with E-state index in [1.165, 1.54) is 17.4 Å². The maximum absolute atomic E-state index is 10.8. The van der Waals surface area contributed by atoms with Gasteiger partial charge in [-0.25, -0.2) is 4.98 Å². The lowest BCUT2D eigenvalue weighted by Crippen LogP contribution is -2.23. The zero-order chi connectivity index (χ0) is 17.1. The number of anilines is 1. The summed E-state index contributed by atoms with van der Waals surface area (Å²) < 4.78 is 6.56. The Morgan fingerprint density at radius 1 is 1.29 bits per heavy atom. The predicted octanol–water partition coefficient (Wildman–Crippen LogP) is 4.03. The molecule has 2 aromatic carbocycles. The second-order valence-electron chi connectivity index (χ2n) is 5.49. The Hall–Kier alpha value is -2.67. The minimum absolute atomic E-state index is 0.0862. The molecule has 0 amide bonds. The second kappa shape index (κ2) is 6.84. The molecule has 3 rings (SSSR count). The number of ether oxygens (including phenoxy) is 1. The summed E-state index contributed by atoms with van der Waals surface area (Å²) >= 11 is 1.44. The number of fused-ring (bicyclic) bond motifs is 1. The normalized spacial score (nSPS) is 10.8. The van der Waals surface area contributed by atoms with Gasteiger partial charge in [-0.05, 0) is 30.7 Å². The first-order valence-electron chi connectivity index (χ1n) is 7.48. The van der Waals surface area contributed by atoms with Gasteiger partial charge in [0.15, 0.2) is 5.13 Å². The average Bonchev–Trinajstić information content (AvgIpc) is 2.98. The summed E-state index contributed by atoms with van der Waals surface area (Å²) in [5.41, 5.74) is 2.02. The SMILES string of the molecule is Cc1cccc(OCCN(C)c2nc3ccc([N+](=O)[O-])cc3s2)c1. The molecule has 1 heterocycles. The van der Waals surface area contributed by atoms with E-state index in [1.54, 1.807) is 12.1 Å². The van der Waals surface area contributed by atoms with Crippen molar-refractivity contribution in [2.75, 3.05) is 25.1 Å². The molecule has 0 aliphatic carbocycles. The van der Waals surface area contributed by atoms with Gasteiger partial charge in [-0.1, -0.05) is 23.5 Å². The maximum Gasteiger partial charge on any atom is 0.270 e. The Labute approximate surface area is 143 Å². The lowest BCUT2D eigenvalue weighted by atomic mass is 10.2. The van der Waals surface area contributed by atoms with Crippen LogP contribution in [-0.2, 0) is 0 Å². The molecule has 124 valence electrons. The molecule has 0 aliphatic rings. The van der Waals surface area contributed by atoms with E-state index in [2.05, 4.69) is 4.98 Å². The molecule has 6 nitrogen and oxygen atoms in total. The highest BCUT2D eigenvalue weighted by Gasteiger charge is 2.12. The Morgan fingerprint density at radius 2 is 2.12 bits per heavy atom. The van der Waals surface area contributed by atoms with E-state index in [4.69, 9.17) is 4.74 Å². The number of non-ortho nitro benzene ring substituents is 1. The molecule has 0 spiro atoms. The Bertz CT molecular complexity index is 878. The molecule has 0 saturated heterocycles. The molecule has 0 N–H and O–H groups in total. The minimum Gasteiger partial charge on any atom is -0.492 e. The van der Waals surface area contributed by atoms with Crippen molar-refractivity contribution in [3.8, 4) is 5.75 Å². The number of nitro benzene ring substituents is 1. The number of thiazole rings is 1. The van der Waals surface area contributed by atoms with E-state index < -0.39 is 4.92 Å². The first-order valence-corrected chi connectivity index (χ1v) is 8.30. The van der Waals surface area contributed by atoms with Crippen molar-refractivity contribution in [3.05, 3.63) is 58.1 Å². The van der Waals surface area contributed by atoms with Crippen LogP contribution in [0.15, 0.2) is 42.5 Å². The van der Waals surface area contributed by atoms with Crippen LogP contribution >= 0.6 is 11.3 Å². The van der Waals surface area contributed by atoms with Gasteiger partial charge in [0.25, 0.3) is 5.69 Å². The molecule has 0 fully saturated rings. The number of benzene rings is 2. The summed E-state index contributed by atoms with van der Waals surface area (Å²) in [5.74, 6) is 0.850. The Kier molecular flexibility index (Phi) is 4.61. The quantitative estimate of drug-likeness (QED) is 0.499. The third-order valence-corrected chi connectivity index (χ3v) is 4.72. The summed E-state index contributed by atoms with van der Waals surface area (Å²) in [6.07, 6.45) is 0. The van der Waals surface area contributed by atoms with Gasteiger partial charge >= 0.3 is 0 Å². The summed E-state index contributed by atoms with van der Waals surface area (Å²) in [6.45, 7) is 3.24. The summed E-state index contributed by atoms with van der Waals surface area (Å²) in [7, 11) is 1.94. The van der Waals surface area contributed by atoms with Gasteiger partial charge < -0.3 is 9.64 Å². The zero-order valence-corrected chi connectivity index (χ0v) is 14.2. The number of nitrogens with zero attached hydrogens (tertiary/aromatic N) is 3. The van der Waals surface area contributed by atoms with Crippen LogP contribution in [0.4, 0.5) is 10.8 Å². The second-order valence-corrected chi connectivity index (χ2v) is 6.50. The average molecular weight is 343 g/mol. The number of likely N-dealkylation sites (N-methyl/N-ethyl adjacent to an activating group) is 1. The largest absolute Gasteiger partial charge is 0.492 e. The van der Waals surface area contributed by atoms with Crippen LogP contribution in [-0.4, -0.2) is 30.1 Å². The van der Waals surface area contributed by atoms with Gasteiger partial charge in [0.05, 0.1) is 21.7 Å². The van der Waals surface area contributed by atoms with Gasteiger partial charge in [0.1, 0.15) is 12.4 Å². The smallest absolute Gasteiger partial charge is 0.270 e. The monoisotopic (exact) mass is 343 g/mol. The van der Waals surface area contributed by atoms with E-state index in [9.17, 15) is 10.1 Å². The molecule has 0 radical (unpaired) electrons. The molecule has 0 atom stereocenters. The minimum atomic E-state index is -0.391. The number of nitro groups is 1. The van der Waals surface area contributed by atoms with Gasteiger partial charge in [-0.15, -0.1) is 0 Å². The predicted molar refractivity (Wildman–Crippen MR) is 96.2 cm³/mol. The highest BCUT2D eigenvalue weighted by molar-refractivity contribution is 7.22. The number of hydrogen-bond acceptors (Lipinski definition) is 6. The van der Waals surface area contributed by atoms with E-state index in [-0.39, 0.29) is 5.69 Å². The fourth-order valence-corrected chi connectivity index (χ4v) is 3.26. The Morgan fingerprint density at radius 3 is 2.88 bits per heavy atom. The maximum atomic E-state index is 10.8. The van der Waals surface area contributed by atoms with Gasteiger partial charge in [0.2, 0.25) is 0 Å². The van der Waals surface area contributed by atoms with Crippen molar-refractivity contribution in [1.29, 1.82) is 0 Å². The van der Waals surface area contributed by atoms with Gasteiger partial charge in [0, 0.05) is 19.2 Å². The number of aromatic nitrogens is 1. The fraction of sp³-hybridized carbons (Fsp3) is 0.235. The van der Waals surface area contributed by atoms with Crippen LogP contribution in [0, 0.1) is 17.0 Å².